The van der Waals surface area contributed by atoms with Crippen LogP contribution in [0.15, 0.2) is 36.5 Å². The van der Waals surface area contributed by atoms with Crippen molar-refractivity contribution in [3.63, 3.8) is 0 Å². The largest absolute Gasteiger partial charge is 0.383 e. The fourth-order valence-electron chi connectivity index (χ4n) is 3.08. The van der Waals surface area contributed by atoms with E-state index >= 15 is 0 Å². The summed E-state index contributed by atoms with van der Waals surface area (Å²) in [5, 5.41) is 13.1. The Morgan fingerprint density at radius 2 is 1.77 bits per heavy atom. The van der Waals surface area contributed by atoms with Crippen LogP contribution in [0.1, 0.15) is 11.1 Å². The lowest BCUT2D eigenvalue weighted by Crippen LogP contribution is -2.18. The van der Waals surface area contributed by atoms with Gasteiger partial charge in [0.1, 0.15) is 40.6 Å². The first-order valence-corrected chi connectivity index (χ1v) is 8.69. The highest BCUT2D eigenvalue weighted by Gasteiger charge is 2.38. The fourth-order valence-corrected chi connectivity index (χ4v) is 3.08. The molecule has 0 saturated carbocycles. The smallest absolute Gasteiger partial charge is 0.364 e. The molecule has 3 heterocycles. The Morgan fingerprint density at radius 1 is 1.10 bits per heavy atom. The molecule has 1 aromatic carbocycles. The first kappa shape index (κ1) is 20.0. The van der Waals surface area contributed by atoms with Gasteiger partial charge < -0.3 is 11.5 Å². The van der Waals surface area contributed by atoms with E-state index in [2.05, 4.69) is 20.1 Å². The molecule has 0 unspecified atom stereocenters. The fraction of sp³-hybridized carbons (Fsp3) is 0.105. The van der Waals surface area contributed by atoms with Crippen LogP contribution in [-0.2, 0) is 12.5 Å². The number of aromatic nitrogens is 5. The zero-order chi connectivity index (χ0) is 22.3. The molecule has 4 aromatic rings. The molecule has 0 spiro atoms. The van der Waals surface area contributed by atoms with Crippen LogP contribution >= 0.6 is 0 Å². The van der Waals surface area contributed by atoms with Gasteiger partial charge in [-0.25, -0.2) is 28.4 Å². The molecular weight excluding hydrogens is 416 g/mol. The first-order valence-electron chi connectivity index (χ1n) is 8.69. The molecule has 0 bridgehead atoms. The van der Waals surface area contributed by atoms with Crippen LogP contribution < -0.4 is 11.5 Å². The average molecular weight is 428 g/mol. The van der Waals surface area contributed by atoms with Gasteiger partial charge in [0.05, 0.1) is 18.1 Å². The summed E-state index contributed by atoms with van der Waals surface area (Å²) in [7, 11) is 0. The molecule has 0 aliphatic carbocycles. The van der Waals surface area contributed by atoms with Gasteiger partial charge in [-0.05, 0) is 12.1 Å². The quantitative estimate of drug-likeness (QED) is 0.478. The van der Waals surface area contributed by atoms with Crippen molar-refractivity contribution in [3.8, 4) is 17.6 Å². The minimum absolute atomic E-state index is 0.0523. The minimum atomic E-state index is -4.01. The average Bonchev–Trinajstić information content (AvgIpc) is 3.06. The number of fused-ring (bicyclic) bond motifs is 1. The van der Waals surface area contributed by atoms with Crippen molar-refractivity contribution in [3.05, 3.63) is 59.3 Å². The SMILES string of the molecule is N#CC(F)(F)c1c(N)nc(-c2nn(Cc3ccccc3F)c3ncc(F)cc23)nc1N. The molecule has 8 nitrogen and oxygen atoms in total. The van der Waals surface area contributed by atoms with Gasteiger partial charge in [-0.3, -0.25) is 0 Å². The molecule has 0 amide bonds. The molecule has 4 N–H and O–H groups in total. The number of hydrogen-bond acceptors (Lipinski definition) is 7. The topological polar surface area (TPSA) is 132 Å². The van der Waals surface area contributed by atoms with Crippen molar-refractivity contribution in [1.29, 1.82) is 5.26 Å². The van der Waals surface area contributed by atoms with Crippen LogP contribution in [0.3, 0.4) is 0 Å². The standard InChI is InChI=1S/C19H12F4N8/c20-10-5-11-14(17-28-15(25)13(16(26)29-17)19(22,23)8-24)30-31(18(11)27-6-10)7-9-3-1-2-4-12(9)21/h1-6H,7H2,(H4,25,26,28,29). The minimum Gasteiger partial charge on any atom is -0.383 e. The second kappa shape index (κ2) is 7.21. The zero-order valence-corrected chi connectivity index (χ0v) is 15.5. The number of hydrogen-bond donors (Lipinski definition) is 2. The number of benzene rings is 1. The number of nitriles is 1. The van der Waals surface area contributed by atoms with Gasteiger partial charge >= 0.3 is 5.92 Å². The van der Waals surface area contributed by atoms with Crippen molar-refractivity contribution in [1.82, 2.24) is 24.7 Å². The normalized spacial score (nSPS) is 11.6. The molecule has 0 aliphatic rings. The molecule has 31 heavy (non-hydrogen) atoms. The van der Waals surface area contributed by atoms with Crippen molar-refractivity contribution in [2.24, 2.45) is 0 Å². The highest BCUT2D eigenvalue weighted by atomic mass is 19.3. The van der Waals surface area contributed by atoms with Crippen LogP contribution in [0.2, 0.25) is 0 Å². The molecule has 4 rings (SSSR count). The summed E-state index contributed by atoms with van der Waals surface area (Å²) in [5.41, 5.74) is 10.6. The number of nitrogens with two attached hydrogens (primary N) is 2. The van der Waals surface area contributed by atoms with E-state index in [-0.39, 0.29) is 34.7 Å². The maximum Gasteiger partial charge on any atom is 0.364 e. The second-order valence-corrected chi connectivity index (χ2v) is 6.50. The lowest BCUT2D eigenvalue weighted by Gasteiger charge is -2.13. The van der Waals surface area contributed by atoms with Gasteiger partial charge in [-0.1, -0.05) is 18.2 Å². The van der Waals surface area contributed by atoms with E-state index in [0.717, 1.165) is 18.3 Å². The third kappa shape index (κ3) is 3.46. The molecular formula is C19H12F4N8. The second-order valence-electron chi connectivity index (χ2n) is 6.50. The number of halogens is 4. The number of alkyl halides is 2. The van der Waals surface area contributed by atoms with E-state index < -0.39 is 34.8 Å². The van der Waals surface area contributed by atoms with Gasteiger partial charge in [0.15, 0.2) is 11.5 Å². The van der Waals surface area contributed by atoms with Crippen LogP contribution in [0.25, 0.3) is 22.6 Å². The molecule has 12 heteroatoms. The number of nitrogen functional groups attached to an aromatic ring is 2. The lowest BCUT2D eigenvalue weighted by molar-refractivity contribution is 0.0624. The summed E-state index contributed by atoms with van der Waals surface area (Å²) in [6.07, 6.45) is 0.950. The predicted octanol–water partition coefficient (Wildman–Crippen LogP) is 2.99. The molecule has 0 aliphatic heterocycles. The van der Waals surface area contributed by atoms with Gasteiger partial charge in [-0.15, -0.1) is 0 Å². The molecule has 156 valence electrons. The maximum atomic E-state index is 14.1. The molecule has 3 aromatic heterocycles. The van der Waals surface area contributed by atoms with Crippen LogP contribution in [0.5, 0.6) is 0 Å². The summed E-state index contributed by atoms with van der Waals surface area (Å²) < 4.78 is 56.9. The summed E-state index contributed by atoms with van der Waals surface area (Å²) in [6, 6.07) is 7.85. The monoisotopic (exact) mass is 428 g/mol. The Hall–Kier alpha value is -4.27. The third-order valence-electron chi connectivity index (χ3n) is 4.46. The van der Waals surface area contributed by atoms with Crippen LogP contribution in [0.4, 0.5) is 29.2 Å². The van der Waals surface area contributed by atoms with Gasteiger partial charge in [0, 0.05) is 5.56 Å². The van der Waals surface area contributed by atoms with E-state index in [1.807, 2.05) is 0 Å². The van der Waals surface area contributed by atoms with E-state index in [0.29, 0.717) is 0 Å². The summed E-state index contributed by atoms with van der Waals surface area (Å²) in [6.45, 7) is -0.0582. The van der Waals surface area contributed by atoms with Crippen molar-refractivity contribution < 1.29 is 17.6 Å². The Balaban J connectivity index is 1.90. The van der Waals surface area contributed by atoms with Crippen molar-refractivity contribution in [2.75, 3.05) is 11.5 Å². The van der Waals surface area contributed by atoms with E-state index in [9.17, 15) is 17.6 Å². The van der Waals surface area contributed by atoms with Gasteiger partial charge in [-0.2, -0.15) is 19.1 Å². The number of nitrogens with zero attached hydrogens (tertiary/aromatic N) is 6. The Bertz CT molecular complexity index is 1340. The van der Waals surface area contributed by atoms with Crippen LogP contribution in [0, 0.1) is 23.0 Å². The zero-order valence-electron chi connectivity index (χ0n) is 15.5. The highest BCUT2D eigenvalue weighted by Crippen LogP contribution is 2.36. The first-order chi connectivity index (χ1) is 14.7. The summed E-state index contributed by atoms with van der Waals surface area (Å²) in [4.78, 5) is 11.6. The summed E-state index contributed by atoms with van der Waals surface area (Å²) >= 11 is 0. The maximum absolute atomic E-state index is 14.1. The van der Waals surface area contributed by atoms with E-state index in [4.69, 9.17) is 16.7 Å². The lowest BCUT2D eigenvalue weighted by atomic mass is 10.1. The Morgan fingerprint density at radius 3 is 2.42 bits per heavy atom. The predicted molar refractivity (Wildman–Crippen MR) is 102 cm³/mol. The van der Waals surface area contributed by atoms with E-state index in [1.165, 1.54) is 22.9 Å². The number of anilines is 2. The van der Waals surface area contributed by atoms with Crippen molar-refractivity contribution >= 4 is 22.7 Å². The number of pyridine rings is 1. The number of rotatable bonds is 4. The van der Waals surface area contributed by atoms with E-state index in [1.54, 1.807) is 6.07 Å². The molecule has 0 radical (unpaired) electrons. The Labute approximate surface area is 171 Å². The van der Waals surface area contributed by atoms with Gasteiger partial charge in [0.25, 0.3) is 0 Å². The Kier molecular flexibility index (Phi) is 4.65. The molecule has 0 fully saturated rings. The van der Waals surface area contributed by atoms with Gasteiger partial charge in [0.2, 0.25) is 0 Å². The highest BCUT2D eigenvalue weighted by molar-refractivity contribution is 5.89. The summed E-state index contributed by atoms with van der Waals surface area (Å²) in [5.74, 6) is -6.93. The van der Waals surface area contributed by atoms with Crippen molar-refractivity contribution in [2.45, 2.75) is 12.5 Å². The molecule has 0 saturated heterocycles. The van der Waals surface area contributed by atoms with Crippen LogP contribution in [-0.4, -0.2) is 24.7 Å². The molecule has 0 atom stereocenters. The third-order valence-corrected chi connectivity index (χ3v) is 4.46.